The molecule has 130 valence electrons. The first-order valence-electron chi connectivity index (χ1n) is 7.15. The van der Waals surface area contributed by atoms with Crippen LogP contribution < -0.4 is 10.6 Å². The lowest BCUT2D eigenvalue weighted by Gasteiger charge is -2.09. The van der Waals surface area contributed by atoms with E-state index >= 15 is 0 Å². The first-order valence-corrected chi connectivity index (χ1v) is 7.53. The molecule has 7 nitrogen and oxygen atoms in total. The Hall–Kier alpha value is -3.06. The van der Waals surface area contributed by atoms with Crippen LogP contribution in [0.1, 0.15) is 20.7 Å². The number of anilines is 1. The van der Waals surface area contributed by atoms with E-state index < -0.39 is 17.8 Å². The molecule has 2 amide bonds. The van der Waals surface area contributed by atoms with Crippen molar-refractivity contribution in [3.63, 3.8) is 0 Å². The minimum absolute atomic E-state index is 0.110. The van der Waals surface area contributed by atoms with E-state index in [2.05, 4.69) is 15.4 Å². The van der Waals surface area contributed by atoms with E-state index in [1.54, 1.807) is 12.1 Å². The minimum atomic E-state index is -0.608. The summed E-state index contributed by atoms with van der Waals surface area (Å²) in [4.78, 5) is 35.1. The van der Waals surface area contributed by atoms with E-state index in [1.807, 2.05) is 0 Å². The fraction of sp³-hybridized carbons (Fsp3) is 0.118. The maximum Gasteiger partial charge on any atom is 0.337 e. The fourth-order valence-corrected chi connectivity index (χ4v) is 2.07. The van der Waals surface area contributed by atoms with Gasteiger partial charge in [-0.15, -0.1) is 0 Å². The van der Waals surface area contributed by atoms with Crippen molar-refractivity contribution in [1.82, 2.24) is 5.32 Å². The summed E-state index contributed by atoms with van der Waals surface area (Å²) in [5.41, 5.74) is 0.620. The van der Waals surface area contributed by atoms with Crippen molar-refractivity contribution in [2.75, 3.05) is 19.0 Å². The van der Waals surface area contributed by atoms with Crippen LogP contribution in [-0.2, 0) is 9.53 Å². The molecule has 0 spiro atoms. The molecule has 0 aliphatic heterocycles. The highest BCUT2D eigenvalue weighted by molar-refractivity contribution is 6.30. The van der Waals surface area contributed by atoms with E-state index in [9.17, 15) is 19.5 Å². The maximum absolute atomic E-state index is 11.9. The SMILES string of the molecule is COC(=O)c1ccc(NC(=O)CNC(=O)c2ccc(Cl)cc2)c(O)c1. The van der Waals surface area contributed by atoms with Gasteiger partial charge in [0.2, 0.25) is 5.91 Å². The smallest absolute Gasteiger partial charge is 0.337 e. The summed E-state index contributed by atoms with van der Waals surface area (Å²) in [5, 5.41) is 15.2. The number of methoxy groups -OCH3 is 1. The predicted octanol–water partition coefficient (Wildman–Crippen LogP) is 2.20. The second-order valence-corrected chi connectivity index (χ2v) is 5.40. The topological polar surface area (TPSA) is 105 Å². The number of amides is 2. The van der Waals surface area contributed by atoms with Crippen LogP contribution >= 0.6 is 11.6 Å². The van der Waals surface area contributed by atoms with Gasteiger partial charge in [-0.3, -0.25) is 9.59 Å². The molecule has 2 rings (SSSR count). The lowest BCUT2D eigenvalue weighted by molar-refractivity contribution is -0.115. The van der Waals surface area contributed by atoms with Gasteiger partial charge >= 0.3 is 5.97 Å². The third-order valence-electron chi connectivity index (χ3n) is 3.21. The molecule has 0 radical (unpaired) electrons. The molecule has 0 fully saturated rings. The zero-order chi connectivity index (χ0) is 18.4. The number of phenolic OH excluding ortho intramolecular Hbond substituents is 1. The van der Waals surface area contributed by atoms with Crippen LogP contribution in [0.5, 0.6) is 5.75 Å². The number of hydrogen-bond acceptors (Lipinski definition) is 5. The highest BCUT2D eigenvalue weighted by atomic mass is 35.5. The van der Waals surface area contributed by atoms with E-state index in [0.717, 1.165) is 0 Å². The summed E-state index contributed by atoms with van der Waals surface area (Å²) in [5.74, 6) is -1.87. The van der Waals surface area contributed by atoms with Gasteiger partial charge in [-0.05, 0) is 42.5 Å². The number of rotatable bonds is 5. The highest BCUT2D eigenvalue weighted by Gasteiger charge is 2.12. The Morgan fingerprint density at radius 3 is 2.32 bits per heavy atom. The first kappa shape index (κ1) is 18.3. The highest BCUT2D eigenvalue weighted by Crippen LogP contribution is 2.24. The number of halogens is 1. The second-order valence-electron chi connectivity index (χ2n) is 4.96. The predicted molar refractivity (Wildman–Crippen MR) is 91.9 cm³/mol. The number of esters is 1. The first-order chi connectivity index (χ1) is 11.9. The largest absolute Gasteiger partial charge is 0.506 e. The van der Waals surface area contributed by atoms with Crippen molar-refractivity contribution in [2.45, 2.75) is 0 Å². The van der Waals surface area contributed by atoms with Gasteiger partial charge in [0, 0.05) is 10.6 Å². The summed E-state index contributed by atoms with van der Waals surface area (Å²) in [7, 11) is 1.22. The number of ether oxygens (including phenoxy) is 1. The molecule has 0 aliphatic rings. The van der Waals surface area contributed by atoms with Gasteiger partial charge in [-0.25, -0.2) is 4.79 Å². The molecule has 0 bridgehead atoms. The quantitative estimate of drug-likeness (QED) is 0.558. The van der Waals surface area contributed by atoms with Crippen LogP contribution in [0.3, 0.4) is 0 Å². The van der Waals surface area contributed by atoms with Gasteiger partial charge in [0.15, 0.2) is 0 Å². The summed E-state index contributed by atoms with van der Waals surface area (Å²) < 4.78 is 4.53. The Kier molecular flexibility index (Phi) is 5.97. The average molecular weight is 363 g/mol. The van der Waals surface area contributed by atoms with Crippen LogP contribution in [0.15, 0.2) is 42.5 Å². The second kappa shape index (κ2) is 8.16. The number of aromatic hydroxyl groups is 1. The van der Waals surface area contributed by atoms with Gasteiger partial charge in [0.25, 0.3) is 5.91 Å². The monoisotopic (exact) mass is 362 g/mol. The Labute approximate surface area is 148 Å². The molecule has 0 aromatic heterocycles. The number of carbonyl (C=O) groups excluding carboxylic acids is 3. The number of nitrogens with one attached hydrogen (secondary N) is 2. The molecule has 2 aromatic carbocycles. The maximum atomic E-state index is 11.9. The molecule has 3 N–H and O–H groups in total. The zero-order valence-corrected chi connectivity index (χ0v) is 14.0. The van der Waals surface area contributed by atoms with Crippen molar-refractivity contribution in [1.29, 1.82) is 0 Å². The van der Waals surface area contributed by atoms with Crippen molar-refractivity contribution in [3.05, 3.63) is 58.6 Å². The molecule has 0 unspecified atom stereocenters. The lowest BCUT2D eigenvalue weighted by Crippen LogP contribution is -2.32. The Morgan fingerprint density at radius 2 is 1.72 bits per heavy atom. The third kappa shape index (κ3) is 4.95. The molecule has 0 saturated carbocycles. The lowest BCUT2D eigenvalue weighted by atomic mass is 10.2. The van der Waals surface area contributed by atoms with Crippen LogP contribution in [0.4, 0.5) is 5.69 Å². The van der Waals surface area contributed by atoms with Gasteiger partial charge < -0.3 is 20.5 Å². The molecular formula is C17H15ClN2O5. The molecule has 2 aromatic rings. The van der Waals surface area contributed by atoms with E-state index in [-0.39, 0.29) is 23.5 Å². The molecular weight excluding hydrogens is 348 g/mol. The van der Waals surface area contributed by atoms with Crippen molar-refractivity contribution in [2.24, 2.45) is 0 Å². The zero-order valence-electron chi connectivity index (χ0n) is 13.2. The third-order valence-corrected chi connectivity index (χ3v) is 3.46. The Morgan fingerprint density at radius 1 is 1.08 bits per heavy atom. The number of hydrogen-bond donors (Lipinski definition) is 3. The van der Waals surface area contributed by atoms with Crippen LogP contribution in [0, 0.1) is 0 Å². The average Bonchev–Trinajstić information content (AvgIpc) is 2.61. The molecule has 0 heterocycles. The summed E-state index contributed by atoms with van der Waals surface area (Å²) >= 11 is 5.74. The molecule has 0 aliphatic carbocycles. The molecule has 0 atom stereocenters. The minimum Gasteiger partial charge on any atom is -0.506 e. The van der Waals surface area contributed by atoms with Gasteiger partial charge in [-0.1, -0.05) is 11.6 Å². The number of carbonyl (C=O) groups is 3. The van der Waals surface area contributed by atoms with Crippen LogP contribution in [0.25, 0.3) is 0 Å². The molecule has 8 heteroatoms. The summed E-state index contributed by atoms with van der Waals surface area (Å²) in [6.45, 7) is -0.292. The Bertz CT molecular complexity index is 805. The van der Waals surface area contributed by atoms with Crippen LogP contribution in [0.2, 0.25) is 5.02 Å². The normalized spacial score (nSPS) is 10.0. The summed E-state index contributed by atoms with van der Waals surface area (Å²) in [6.07, 6.45) is 0. The standard InChI is InChI=1S/C17H15ClN2O5/c1-25-17(24)11-4-7-13(14(21)8-11)20-15(22)9-19-16(23)10-2-5-12(18)6-3-10/h2-8,21H,9H2,1H3,(H,19,23)(H,20,22). The van der Waals surface area contributed by atoms with Gasteiger partial charge in [0.05, 0.1) is 24.9 Å². The van der Waals surface area contributed by atoms with Gasteiger partial charge in [-0.2, -0.15) is 0 Å². The van der Waals surface area contributed by atoms with E-state index in [1.165, 1.54) is 37.4 Å². The van der Waals surface area contributed by atoms with Crippen molar-refractivity contribution < 1.29 is 24.2 Å². The number of phenols is 1. The molecule has 0 saturated heterocycles. The van der Waals surface area contributed by atoms with Gasteiger partial charge in [0.1, 0.15) is 5.75 Å². The van der Waals surface area contributed by atoms with Crippen molar-refractivity contribution in [3.8, 4) is 5.75 Å². The van der Waals surface area contributed by atoms with E-state index in [0.29, 0.717) is 10.6 Å². The summed E-state index contributed by atoms with van der Waals surface area (Å²) in [6, 6.07) is 10.1. The van der Waals surface area contributed by atoms with E-state index in [4.69, 9.17) is 11.6 Å². The number of benzene rings is 2. The molecule has 25 heavy (non-hydrogen) atoms. The Balaban J connectivity index is 1.93. The van der Waals surface area contributed by atoms with Crippen LogP contribution in [-0.4, -0.2) is 36.5 Å². The van der Waals surface area contributed by atoms with Crippen molar-refractivity contribution >= 4 is 35.1 Å². The fourth-order valence-electron chi connectivity index (χ4n) is 1.94.